The van der Waals surface area contributed by atoms with Crippen LogP contribution in [0.2, 0.25) is 5.02 Å². The van der Waals surface area contributed by atoms with Crippen molar-refractivity contribution >= 4 is 40.7 Å². The van der Waals surface area contributed by atoms with Gasteiger partial charge >= 0.3 is 5.97 Å². The summed E-state index contributed by atoms with van der Waals surface area (Å²) in [6, 6.07) is 25.6. The topological polar surface area (TPSA) is 60.7 Å². The van der Waals surface area contributed by atoms with Gasteiger partial charge in [0.2, 0.25) is 0 Å². The summed E-state index contributed by atoms with van der Waals surface area (Å²) in [5.74, 6) is -0.507. The number of benzene rings is 3. The van der Waals surface area contributed by atoms with Crippen molar-refractivity contribution in [2.75, 3.05) is 6.61 Å². The van der Waals surface area contributed by atoms with Crippen molar-refractivity contribution in [1.29, 1.82) is 0 Å². The van der Waals surface area contributed by atoms with Gasteiger partial charge in [-0.05, 0) is 36.3 Å². The number of aromatic nitrogens is 1. The fraction of sp³-hybridized carbons (Fsp3) is 0.107. The van der Waals surface area contributed by atoms with Crippen LogP contribution >= 0.6 is 22.9 Å². The summed E-state index contributed by atoms with van der Waals surface area (Å²) in [6.07, 6.45) is 1.85. The van der Waals surface area contributed by atoms with Crippen molar-refractivity contribution in [3.63, 3.8) is 0 Å². The predicted octanol–water partition coefficient (Wildman–Crippen LogP) is 4.59. The van der Waals surface area contributed by atoms with E-state index >= 15 is 0 Å². The second-order valence-electron chi connectivity index (χ2n) is 7.89. The first kappa shape index (κ1) is 23.0. The van der Waals surface area contributed by atoms with Crippen molar-refractivity contribution in [3.05, 3.63) is 132 Å². The van der Waals surface area contributed by atoms with Crippen LogP contribution in [-0.2, 0) is 9.53 Å². The van der Waals surface area contributed by atoms with Gasteiger partial charge in [0.25, 0.3) is 5.56 Å². The average molecular weight is 501 g/mol. The number of carbonyl (C=O) groups is 1. The molecule has 0 radical (unpaired) electrons. The Morgan fingerprint density at radius 1 is 1.03 bits per heavy atom. The number of halogens is 1. The highest BCUT2D eigenvalue weighted by Gasteiger charge is 2.35. The number of rotatable bonds is 5. The van der Waals surface area contributed by atoms with E-state index < -0.39 is 12.0 Å². The molecule has 0 fully saturated rings. The first-order valence-electron chi connectivity index (χ1n) is 11.2. The van der Waals surface area contributed by atoms with E-state index in [1.807, 2.05) is 78.9 Å². The smallest absolute Gasteiger partial charge is 0.338 e. The van der Waals surface area contributed by atoms with Crippen molar-refractivity contribution in [2.24, 2.45) is 4.99 Å². The predicted molar refractivity (Wildman–Crippen MR) is 139 cm³/mol. The molecule has 5 nitrogen and oxygen atoms in total. The normalized spacial score (nSPS) is 15.5. The van der Waals surface area contributed by atoms with E-state index in [0.717, 1.165) is 16.7 Å². The van der Waals surface area contributed by atoms with Crippen LogP contribution in [0.15, 0.2) is 100 Å². The fourth-order valence-electron chi connectivity index (χ4n) is 4.10. The monoisotopic (exact) mass is 500 g/mol. The molecule has 0 aliphatic carbocycles. The quantitative estimate of drug-likeness (QED) is 0.377. The maximum atomic E-state index is 13.7. The van der Waals surface area contributed by atoms with E-state index in [4.69, 9.17) is 21.3 Å². The van der Waals surface area contributed by atoms with Gasteiger partial charge in [0.15, 0.2) is 4.80 Å². The number of hydrogen-bond donors (Lipinski definition) is 0. The molecule has 5 rings (SSSR count). The summed E-state index contributed by atoms with van der Waals surface area (Å²) in [6.45, 7) is 1.96. The third-order valence-electron chi connectivity index (χ3n) is 5.66. The third-order valence-corrected chi connectivity index (χ3v) is 6.89. The summed E-state index contributed by atoms with van der Waals surface area (Å²) < 4.78 is 7.58. The lowest BCUT2D eigenvalue weighted by Crippen LogP contribution is -2.40. The number of nitrogens with zero attached hydrogens (tertiary/aromatic N) is 2. The Morgan fingerprint density at radius 2 is 1.69 bits per heavy atom. The summed E-state index contributed by atoms with van der Waals surface area (Å²) in [7, 11) is 0. The molecule has 35 heavy (non-hydrogen) atoms. The molecule has 4 aromatic rings. The molecule has 0 amide bonds. The number of fused-ring (bicyclic) bond motifs is 1. The molecule has 1 atom stereocenters. The molecular formula is C28H21ClN2O3S. The first-order chi connectivity index (χ1) is 17.1. The van der Waals surface area contributed by atoms with Gasteiger partial charge in [0, 0.05) is 10.6 Å². The van der Waals surface area contributed by atoms with E-state index in [-0.39, 0.29) is 12.2 Å². The molecule has 0 saturated carbocycles. The van der Waals surface area contributed by atoms with E-state index in [2.05, 4.69) is 0 Å². The second kappa shape index (κ2) is 9.86. The maximum Gasteiger partial charge on any atom is 0.338 e. The van der Waals surface area contributed by atoms with Gasteiger partial charge in [-0.25, -0.2) is 9.79 Å². The Balaban J connectivity index is 1.84. The largest absolute Gasteiger partial charge is 0.463 e. The Labute approximate surface area is 210 Å². The molecule has 1 aliphatic heterocycles. The fourth-order valence-corrected chi connectivity index (χ4v) is 5.23. The van der Waals surface area contributed by atoms with Gasteiger partial charge < -0.3 is 4.74 Å². The van der Waals surface area contributed by atoms with Gasteiger partial charge in [-0.1, -0.05) is 95.7 Å². The molecule has 3 aromatic carbocycles. The van der Waals surface area contributed by atoms with E-state index in [9.17, 15) is 9.59 Å². The van der Waals surface area contributed by atoms with Crippen molar-refractivity contribution in [3.8, 4) is 0 Å². The average Bonchev–Trinajstić information content (AvgIpc) is 3.19. The lowest BCUT2D eigenvalue weighted by Gasteiger charge is -2.25. The van der Waals surface area contributed by atoms with E-state index in [1.54, 1.807) is 23.6 Å². The second-order valence-corrected chi connectivity index (χ2v) is 9.34. The highest BCUT2D eigenvalue weighted by atomic mass is 35.5. The Kier molecular flexibility index (Phi) is 6.49. The SMILES string of the molecule is CCOC(=O)C1=C(c2ccccc2)N=c2s/c(=C\c3ccccc3)c(=O)n2C1c1ccc(Cl)cc1. The Hall–Kier alpha value is -3.74. The van der Waals surface area contributed by atoms with E-state index in [0.29, 0.717) is 25.6 Å². The zero-order chi connectivity index (χ0) is 24.4. The minimum Gasteiger partial charge on any atom is -0.463 e. The molecule has 0 spiro atoms. The lowest BCUT2D eigenvalue weighted by atomic mass is 9.93. The molecule has 0 N–H and O–H groups in total. The summed E-state index contributed by atoms with van der Waals surface area (Å²) in [5, 5.41) is 0.565. The maximum absolute atomic E-state index is 13.7. The van der Waals surface area contributed by atoms with Crippen LogP contribution < -0.4 is 14.9 Å². The number of thiazole rings is 1. The van der Waals surface area contributed by atoms with Gasteiger partial charge in [-0.3, -0.25) is 9.36 Å². The minimum absolute atomic E-state index is 0.205. The Morgan fingerprint density at radius 3 is 2.34 bits per heavy atom. The van der Waals surface area contributed by atoms with Crippen LogP contribution in [-0.4, -0.2) is 17.1 Å². The summed E-state index contributed by atoms with van der Waals surface area (Å²) in [4.78, 5) is 32.4. The van der Waals surface area contributed by atoms with Crippen LogP contribution in [0, 0.1) is 0 Å². The third kappa shape index (κ3) is 4.50. The molecule has 0 saturated heterocycles. The molecule has 7 heteroatoms. The molecule has 1 unspecified atom stereocenters. The number of carbonyl (C=O) groups excluding carboxylic acids is 1. The van der Waals surface area contributed by atoms with Gasteiger partial charge in [-0.2, -0.15) is 0 Å². The number of hydrogen-bond acceptors (Lipinski definition) is 5. The summed E-state index contributed by atoms with van der Waals surface area (Å²) in [5.41, 5.74) is 3.03. The summed E-state index contributed by atoms with van der Waals surface area (Å²) >= 11 is 7.46. The molecule has 0 bridgehead atoms. The lowest BCUT2D eigenvalue weighted by molar-refractivity contribution is -0.138. The number of ether oxygens (including phenoxy) is 1. The highest BCUT2D eigenvalue weighted by Crippen LogP contribution is 2.35. The van der Waals surface area contributed by atoms with Crippen molar-refractivity contribution in [2.45, 2.75) is 13.0 Å². The zero-order valence-electron chi connectivity index (χ0n) is 18.9. The molecule has 174 valence electrons. The molecule has 1 aromatic heterocycles. The first-order valence-corrected chi connectivity index (χ1v) is 12.3. The Bertz CT molecular complexity index is 1590. The minimum atomic E-state index is -0.712. The molecular weight excluding hydrogens is 480 g/mol. The van der Waals surface area contributed by atoms with Crippen LogP contribution in [0.5, 0.6) is 0 Å². The standard InChI is InChI=1S/C28H21ClN2O3S/c1-2-34-27(33)23-24(19-11-7-4-8-12-19)30-28-31(25(23)20-13-15-21(29)16-14-20)26(32)22(35-28)17-18-9-5-3-6-10-18/h3-17,25H,2H2,1H3/b22-17-. The zero-order valence-corrected chi connectivity index (χ0v) is 20.4. The van der Waals surface area contributed by atoms with Crippen molar-refractivity contribution in [1.82, 2.24) is 4.57 Å². The van der Waals surface area contributed by atoms with Gasteiger partial charge in [0.1, 0.15) is 0 Å². The van der Waals surface area contributed by atoms with Crippen LogP contribution in [0.3, 0.4) is 0 Å². The molecule has 2 heterocycles. The molecule has 1 aliphatic rings. The van der Waals surface area contributed by atoms with Crippen LogP contribution in [0.4, 0.5) is 0 Å². The van der Waals surface area contributed by atoms with Crippen molar-refractivity contribution < 1.29 is 9.53 Å². The number of esters is 1. The van der Waals surface area contributed by atoms with Gasteiger partial charge in [-0.15, -0.1) is 0 Å². The van der Waals surface area contributed by atoms with Crippen LogP contribution in [0.25, 0.3) is 11.8 Å². The van der Waals surface area contributed by atoms with Crippen LogP contribution in [0.1, 0.15) is 29.7 Å². The van der Waals surface area contributed by atoms with Gasteiger partial charge in [0.05, 0.1) is 28.5 Å². The van der Waals surface area contributed by atoms with E-state index in [1.165, 1.54) is 11.3 Å². The highest BCUT2D eigenvalue weighted by molar-refractivity contribution is 7.07.